The van der Waals surface area contributed by atoms with E-state index in [0.717, 1.165) is 6.42 Å². The van der Waals surface area contributed by atoms with Gasteiger partial charge in [-0.2, -0.15) is 0 Å². The van der Waals surface area contributed by atoms with Crippen molar-refractivity contribution in [2.45, 2.75) is 58.4 Å². The molecule has 2 N–H and O–H groups in total. The first-order chi connectivity index (χ1) is 4.62. The summed E-state index contributed by atoms with van der Waals surface area (Å²) in [7, 11) is 0. The third kappa shape index (κ3) is 4.80. The van der Waals surface area contributed by atoms with Crippen molar-refractivity contribution in [2.24, 2.45) is 5.73 Å². The maximum Gasteiger partial charge on any atom is 0.0125 e. The van der Waals surface area contributed by atoms with Gasteiger partial charge >= 0.3 is 0 Å². The Labute approximate surface area is 65.0 Å². The minimum absolute atomic E-state index is 0.102. The molecule has 0 radical (unpaired) electrons. The number of unbranched alkanes of at least 4 members (excludes halogenated alkanes) is 1. The zero-order valence-electron chi connectivity index (χ0n) is 7.61. The highest BCUT2D eigenvalue weighted by atomic mass is 14.7. The van der Waals surface area contributed by atoms with Gasteiger partial charge in [0.25, 0.3) is 0 Å². The summed E-state index contributed by atoms with van der Waals surface area (Å²) < 4.78 is 0. The summed E-state index contributed by atoms with van der Waals surface area (Å²) in [6.45, 7) is 6.56. The normalized spacial score (nSPS) is 16.8. The number of rotatable bonds is 5. The fourth-order valence-electron chi connectivity index (χ4n) is 1.28. The minimum Gasteiger partial charge on any atom is -0.325 e. The lowest BCUT2D eigenvalue weighted by Crippen LogP contribution is -2.35. The molecule has 1 nitrogen and oxygen atoms in total. The van der Waals surface area contributed by atoms with E-state index in [0.29, 0.717) is 0 Å². The molecule has 1 atom stereocenters. The number of hydrogen-bond donors (Lipinski definition) is 1. The van der Waals surface area contributed by atoms with Crippen molar-refractivity contribution < 1.29 is 0 Å². The van der Waals surface area contributed by atoms with E-state index >= 15 is 0 Å². The van der Waals surface area contributed by atoms with Crippen LogP contribution in [0, 0.1) is 0 Å². The molecule has 1 heteroatoms. The van der Waals surface area contributed by atoms with Crippen LogP contribution in [-0.4, -0.2) is 5.54 Å². The number of hydrogen-bond acceptors (Lipinski definition) is 1. The summed E-state index contributed by atoms with van der Waals surface area (Å²) in [4.78, 5) is 0. The van der Waals surface area contributed by atoms with Crippen molar-refractivity contribution in [1.29, 1.82) is 0 Å². The van der Waals surface area contributed by atoms with Crippen molar-refractivity contribution in [3.8, 4) is 0 Å². The highest BCUT2D eigenvalue weighted by Gasteiger charge is 2.15. The zero-order chi connectivity index (χ0) is 8.04. The molecule has 0 amide bonds. The standard InChI is InChI=1S/C9H21N/c1-4-6-8-9(3,10)7-5-2/h4-8,10H2,1-3H3. The average molecular weight is 143 g/mol. The molecule has 1 unspecified atom stereocenters. The lowest BCUT2D eigenvalue weighted by molar-refractivity contribution is 0.384. The van der Waals surface area contributed by atoms with Gasteiger partial charge in [0.05, 0.1) is 0 Å². The Kier molecular flexibility index (Phi) is 4.71. The summed E-state index contributed by atoms with van der Waals surface area (Å²) in [5.74, 6) is 0. The predicted molar refractivity (Wildman–Crippen MR) is 47.0 cm³/mol. The van der Waals surface area contributed by atoms with E-state index in [4.69, 9.17) is 5.73 Å². The molecule has 0 heterocycles. The van der Waals surface area contributed by atoms with Crippen LogP contribution < -0.4 is 5.73 Å². The summed E-state index contributed by atoms with van der Waals surface area (Å²) in [6.07, 6.45) is 6.07. The molecule has 0 bridgehead atoms. The van der Waals surface area contributed by atoms with Crippen LogP contribution in [0.25, 0.3) is 0 Å². The molecule has 0 aliphatic heterocycles. The van der Waals surface area contributed by atoms with Gasteiger partial charge in [0, 0.05) is 5.54 Å². The predicted octanol–water partition coefficient (Wildman–Crippen LogP) is 2.69. The molecule has 62 valence electrons. The first-order valence-corrected chi connectivity index (χ1v) is 4.41. The van der Waals surface area contributed by atoms with Crippen LogP contribution >= 0.6 is 0 Å². The molecule has 0 aliphatic rings. The second kappa shape index (κ2) is 4.73. The third-order valence-corrected chi connectivity index (χ3v) is 1.92. The van der Waals surface area contributed by atoms with Crippen molar-refractivity contribution in [2.75, 3.05) is 0 Å². The van der Waals surface area contributed by atoms with Gasteiger partial charge in [-0.1, -0.05) is 33.1 Å². The van der Waals surface area contributed by atoms with Crippen molar-refractivity contribution in [3.63, 3.8) is 0 Å². The fraction of sp³-hybridized carbons (Fsp3) is 1.00. The largest absolute Gasteiger partial charge is 0.325 e. The maximum absolute atomic E-state index is 6.01. The molecule has 0 aromatic heterocycles. The Morgan fingerprint density at radius 1 is 1.10 bits per heavy atom. The molecule has 0 rings (SSSR count). The van der Waals surface area contributed by atoms with Gasteiger partial charge in [0.2, 0.25) is 0 Å². The van der Waals surface area contributed by atoms with Crippen molar-refractivity contribution in [3.05, 3.63) is 0 Å². The molecule has 10 heavy (non-hydrogen) atoms. The van der Waals surface area contributed by atoms with Crippen LogP contribution in [0.4, 0.5) is 0 Å². The van der Waals surface area contributed by atoms with Gasteiger partial charge in [0.15, 0.2) is 0 Å². The van der Waals surface area contributed by atoms with Crippen LogP contribution in [0.3, 0.4) is 0 Å². The van der Waals surface area contributed by atoms with Crippen LogP contribution in [0.2, 0.25) is 0 Å². The van der Waals surface area contributed by atoms with Gasteiger partial charge in [-0.3, -0.25) is 0 Å². The topological polar surface area (TPSA) is 26.0 Å². The van der Waals surface area contributed by atoms with E-state index in [-0.39, 0.29) is 5.54 Å². The Bertz CT molecular complexity index is 76.8. The minimum atomic E-state index is 0.102. The zero-order valence-corrected chi connectivity index (χ0v) is 7.61. The van der Waals surface area contributed by atoms with Gasteiger partial charge in [-0.05, 0) is 19.8 Å². The lowest BCUT2D eigenvalue weighted by Gasteiger charge is -2.23. The molecule has 0 aromatic rings. The highest BCUT2D eigenvalue weighted by molar-refractivity contribution is 4.76. The van der Waals surface area contributed by atoms with Crippen molar-refractivity contribution >= 4 is 0 Å². The van der Waals surface area contributed by atoms with Crippen LogP contribution in [-0.2, 0) is 0 Å². The monoisotopic (exact) mass is 143 g/mol. The first kappa shape index (κ1) is 9.96. The summed E-state index contributed by atoms with van der Waals surface area (Å²) in [5.41, 5.74) is 6.12. The quantitative estimate of drug-likeness (QED) is 0.629. The second-order valence-electron chi connectivity index (χ2n) is 3.51. The van der Waals surface area contributed by atoms with E-state index in [2.05, 4.69) is 20.8 Å². The molecule has 0 saturated carbocycles. The van der Waals surface area contributed by atoms with Gasteiger partial charge in [-0.25, -0.2) is 0 Å². The highest BCUT2D eigenvalue weighted by Crippen LogP contribution is 2.15. The summed E-state index contributed by atoms with van der Waals surface area (Å²) in [5, 5.41) is 0. The van der Waals surface area contributed by atoms with E-state index in [1.54, 1.807) is 0 Å². The third-order valence-electron chi connectivity index (χ3n) is 1.92. The molecule has 0 spiro atoms. The molecular formula is C9H21N. The average Bonchev–Trinajstić information content (AvgIpc) is 1.84. The first-order valence-electron chi connectivity index (χ1n) is 4.41. The molecule has 0 aliphatic carbocycles. The van der Waals surface area contributed by atoms with E-state index < -0.39 is 0 Å². The molecule has 0 saturated heterocycles. The van der Waals surface area contributed by atoms with Crippen LogP contribution in [0.5, 0.6) is 0 Å². The molecular weight excluding hydrogens is 122 g/mol. The fourth-order valence-corrected chi connectivity index (χ4v) is 1.28. The molecule has 0 fully saturated rings. The van der Waals surface area contributed by atoms with E-state index in [1.807, 2.05) is 0 Å². The van der Waals surface area contributed by atoms with E-state index in [9.17, 15) is 0 Å². The Balaban J connectivity index is 3.42. The van der Waals surface area contributed by atoms with Crippen LogP contribution in [0.1, 0.15) is 52.9 Å². The van der Waals surface area contributed by atoms with Crippen LogP contribution in [0.15, 0.2) is 0 Å². The van der Waals surface area contributed by atoms with Gasteiger partial charge in [-0.15, -0.1) is 0 Å². The van der Waals surface area contributed by atoms with Gasteiger partial charge < -0.3 is 5.73 Å². The van der Waals surface area contributed by atoms with E-state index in [1.165, 1.54) is 25.7 Å². The summed E-state index contributed by atoms with van der Waals surface area (Å²) in [6, 6.07) is 0. The smallest absolute Gasteiger partial charge is 0.0125 e. The molecule has 0 aromatic carbocycles. The Morgan fingerprint density at radius 3 is 2.10 bits per heavy atom. The SMILES string of the molecule is CCCCC(C)(N)CCC. The lowest BCUT2D eigenvalue weighted by atomic mass is 9.91. The van der Waals surface area contributed by atoms with Gasteiger partial charge in [0.1, 0.15) is 0 Å². The van der Waals surface area contributed by atoms with Crippen molar-refractivity contribution in [1.82, 2.24) is 0 Å². The Hall–Kier alpha value is -0.0400. The Morgan fingerprint density at radius 2 is 1.70 bits per heavy atom. The summed E-state index contributed by atoms with van der Waals surface area (Å²) >= 11 is 0. The maximum atomic E-state index is 6.01. The number of nitrogens with two attached hydrogens (primary N) is 1. The second-order valence-corrected chi connectivity index (χ2v) is 3.51.